The number of hydrogen-bond acceptors (Lipinski definition) is 4. The molecular formula is C20H33FIN5O2S. The monoisotopic (exact) mass is 553 g/mol. The summed E-state index contributed by atoms with van der Waals surface area (Å²) in [5.74, 6) is 1.03. The quantitative estimate of drug-likeness (QED) is 0.294. The van der Waals surface area contributed by atoms with Gasteiger partial charge in [-0.25, -0.2) is 17.5 Å². The maximum atomic E-state index is 13.1. The number of benzene rings is 1. The van der Waals surface area contributed by atoms with Crippen molar-refractivity contribution in [1.29, 1.82) is 0 Å². The zero-order valence-electron chi connectivity index (χ0n) is 17.5. The second kappa shape index (κ2) is 12.0. The lowest BCUT2D eigenvalue weighted by Crippen LogP contribution is -2.52. The van der Waals surface area contributed by atoms with Crippen LogP contribution in [-0.4, -0.2) is 70.8 Å². The molecule has 2 aliphatic rings. The minimum absolute atomic E-state index is 0. The van der Waals surface area contributed by atoms with Crippen molar-refractivity contribution in [2.75, 3.05) is 56.5 Å². The normalized spacial score (nSPS) is 18.0. The second-order valence-electron chi connectivity index (χ2n) is 7.65. The number of guanidine groups is 1. The van der Waals surface area contributed by atoms with Crippen molar-refractivity contribution in [2.45, 2.75) is 26.2 Å². The number of aliphatic imine (C=N–C) groups is 1. The lowest BCUT2D eigenvalue weighted by atomic mass is 9.86. The van der Waals surface area contributed by atoms with E-state index in [4.69, 9.17) is 0 Å². The van der Waals surface area contributed by atoms with Crippen LogP contribution in [0.1, 0.15) is 26.2 Å². The number of hydrogen-bond donors (Lipinski definition) is 2. The average Bonchev–Trinajstić information content (AvgIpc) is 2.67. The third-order valence-corrected chi connectivity index (χ3v) is 6.87. The molecule has 1 saturated carbocycles. The predicted molar refractivity (Wildman–Crippen MR) is 131 cm³/mol. The Kier molecular flexibility index (Phi) is 10.1. The minimum Gasteiger partial charge on any atom is -0.368 e. The number of nitrogens with one attached hydrogen (secondary N) is 2. The molecule has 1 aliphatic carbocycles. The topological polar surface area (TPSA) is 77.0 Å². The smallest absolute Gasteiger partial charge is 0.213 e. The van der Waals surface area contributed by atoms with Gasteiger partial charge < -0.3 is 15.1 Å². The number of anilines is 1. The fourth-order valence-corrected chi connectivity index (χ4v) is 4.51. The van der Waals surface area contributed by atoms with Gasteiger partial charge in [-0.1, -0.05) is 6.42 Å². The second-order valence-corrected chi connectivity index (χ2v) is 9.58. The summed E-state index contributed by atoms with van der Waals surface area (Å²) in [5.41, 5.74) is 1.01. The first-order valence-electron chi connectivity index (χ1n) is 10.5. The Hall–Kier alpha value is -1.14. The zero-order valence-corrected chi connectivity index (χ0v) is 20.7. The summed E-state index contributed by atoms with van der Waals surface area (Å²) in [4.78, 5) is 8.90. The van der Waals surface area contributed by atoms with Crippen LogP contribution in [0.4, 0.5) is 10.1 Å². The van der Waals surface area contributed by atoms with Crippen molar-refractivity contribution in [3.8, 4) is 0 Å². The summed E-state index contributed by atoms with van der Waals surface area (Å²) in [6.45, 7) is 6.67. The van der Waals surface area contributed by atoms with Gasteiger partial charge in [-0.3, -0.25) is 4.99 Å². The van der Waals surface area contributed by atoms with Crippen molar-refractivity contribution in [3.05, 3.63) is 30.1 Å². The third kappa shape index (κ3) is 7.52. The molecule has 3 rings (SSSR count). The highest BCUT2D eigenvalue weighted by Gasteiger charge is 2.21. The maximum absolute atomic E-state index is 13.1. The molecule has 2 N–H and O–H groups in total. The van der Waals surface area contributed by atoms with E-state index in [1.165, 1.54) is 18.6 Å². The maximum Gasteiger partial charge on any atom is 0.213 e. The summed E-state index contributed by atoms with van der Waals surface area (Å²) in [6, 6.07) is 6.55. The van der Waals surface area contributed by atoms with E-state index in [2.05, 4.69) is 24.8 Å². The van der Waals surface area contributed by atoms with Crippen molar-refractivity contribution < 1.29 is 12.8 Å². The van der Waals surface area contributed by atoms with E-state index >= 15 is 0 Å². The molecule has 2 fully saturated rings. The Balaban J connectivity index is 0.00000320. The zero-order chi connectivity index (χ0) is 20.7. The molecule has 170 valence electrons. The van der Waals surface area contributed by atoms with Gasteiger partial charge in [0.1, 0.15) is 5.82 Å². The van der Waals surface area contributed by atoms with Crippen LogP contribution in [0, 0.1) is 11.7 Å². The molecule has 1 aromatic carbocycles. The van der Waals surface area contributed by atoms with E-state index in [1.54, 1.807) is 12.1 Å². The molecule has 1 saturated heterocycles. The van der Waals surface area contributed by atoms with E-state index in [9.17, 15) is 12.8 Å². The van der Waals surface area contributed by atoms with Crippen molar-refractivity contribution in [3.63, 3.8) is 0 Å². The lowest BCUT2D eigenvalue weighted by molar-refractivity contribution is 0.316. The van der Waals surface area contributed by atoms with Crippen LogP contribution >= 0.6 is 24.0 Å². The summed E-state index contributed by atoms with van der Waals surface area (Å²) in [6.07, 6.45) is 3.45. The molecule has 30 heavy (non-hydrogen) atoms. The Morgan fingerprint density at radius 2 is 1.83 bits per heavy atom. The van der Waals surface area contributed by atoms with E-state index in [0.717, 1.165) is 57.2 Å². The Bertz CT molecular complexity index is 779. The van der Waals surface area contributed by atoms with E-state index in [0.29, 0.717) is 12.5 Å². The molecule has 10 heteroatoms. The van der Waals surface area contributed by atoms with Gasteiger partial charge in [0.15, 0.2) is 5.96 Å². The van der Waals surface area contributed by atoms with Crippen LogP contribution < -0.4 is 14.9 Å². The molecule has 0 unspecified atom stereocenters. The molecule has 0 bridgehead atoms. The van der Waals surface area contributed by atoms with Crippen LogP contribution in [-0.2, 0) is 10.0 Å². The van der Waals surface area contributed by atoms with Gasteiger partial charge in [0.2, 0.25) is 10.0 Å². The van der Waals surface area contributed by atoms with E-state index in [1.807, 2.05) is 6.92 Å². The molecule has 0 amide bonds. The van der Waals surface area contributed by atoms with Crippen LogP contribution in [0.25, 0.3) is 0 Å². The summed E-state index contributed by atoms with van der Waals surface area (Å²) in [7, 11) is -3.28. The van der Waals surface area contributed by atoms with Gasteiger partial charge in [0.25, 0.3) is 0 Å². The van der Waals surface area contributed by atoms with Crippen LogP contribution in [0.3, 0.4) is 0 Å². The van der Waals surface area contributed by atoms with Crippen LogP contribution in [0.2, 0.25) is 0 Å². The SMILES string of the molecule is CCNC(=NCCS(=O)(=O)NCC1CCC1)N1CCN(c2ccc(F)cc2)CC1.I. The summed E-state index contributed by atoms with van der Waals surface area (Å²) >= 11 is 0. The molecule has 1 aliphatic heterocycles. The number of nitrogens with zero attached hydrogens (tertiary/aromatic N) is 3. The lowest BCUT2D eigenvalue weighted by Gasteiger charge is -2.37. The number of sulfonamides is 1. The summed E-state index contributed by atoms with van der Waals surface area (Å²) in [5, 5.41) is 3.26. The van der Waals surface area contributed by atoms with Gasteiger partial charge in [-0.2, -0.15) is 0 Å². The first-order valence-corrected chi connectivity index (χ1v) is 12.1. The molecule has 0 atom stereocenters. The highest BCUT2D eigenvalue weighted by atomic mass is 127. The Labute approximate surface area is 196 Å². The van der Waals surface area contributed by atoms with Crippen molar-refractivity contribution in [2.24, 2.45) is 10.9 Å². The largest absolute Gasteiger partial charge is 0.368 e. The number of halogens is 2. The van der Waals surface area contributed by atoms with Gasteiger partial charge in [-0.05, 0) is 49.9 Å². The summed E-state index contributed by atoms with van der Waals surface area (Å²) < 4.78 is 40.2. The van der Waals surface area contributed by atoms with E-state index < -0.39 is 10.0 Å². The van der Waals surface area contributed by atoms with Gasteiger partial charge in [0.05, 0.1) is 12.3 Å². The highest BCUT2D eigenvalue weighted by Crippen LogP contribution is 2.25. The van der Waals surface area contributed by atoms with Crippen LogP contribution in [0.5, 0.6) is 0 Å². The highest BCUT2D eigenvalue weighted by molar-refractivity contribution is 14.0. The number of piperazine rings is 1. The molecular weight excluding hydrogens is 520 g/mol. The van der Waals surface area contributed by atoms with Crippen LogP contribution in [0.15, 0.2) is 29.3 Å². The minimum atomic E-state index is -3.28. The van der Waals surface area contributed by atoms with Gasteiger partial charge in [-0.15, -0.1) is 24.0 Å². The third-order valence-electron chi connectivity index (χ3n) is 5.54. The molecule has 0 radical (unpaired) electrons. The van der Waals surface area contributed by atoms with Crippen molar-refractivity contribution >= 4 is 45.6 Å². The van der Waals surface area contributed by atoms with Gasteiger partial charge >= 0.3 is 0 Å². The standard InChI is InChI=1S/C20H32FN5O2S.HI/c1-2-22-20(23-10-15-29(27,28)24-16-17-4-3-5-17)26-13-11-25(12-14-26)19-8-6-18(21)7-9-19;/h6-9,17,24H,2-5,10-16H2,1H3,(H,22,23);1H. The van der Waals surface area contributed by atoms with Gasteiger partial charge in [0, 0.05) is 45.0 Å². The first kappa shape index (κ1) is 25.1. The van der Waals surface area contributed by atoms with Crippen molar-refractivity contribution in [1.82, 2.24) is 14.9 Å². The number of rotatable bonds is 8. The predicted octanol–water partition coefficient (Wildman–Crippen LogP) is 2.25. The fourth-order valence-electron chi connectivity index (χ4n) is 3.54. The first-order chi connectivity index (χ1) is 14.0. The van der Waals surface area contributed by atoms with E-state index in [-0.39, 0.29) is 42.1 Å². The fraction of sp³-hybridized carbons (Fsp3) is 0.650. The molecule has 1 aromatic rings. The Morgan fingerprint density at radius 3 is 2.40 bits per heavy atom. The molecule has 0 spiro atoms. The molecule has 7 nitrogen and oxygen atoms in total. The average molecular weight is 553 g/mol. The molecule has 1 heterocycles. The molecule has 0 aromatic heterocycles. The Morgan fingerprint density at radius 1 is 1.17 bits per heavy atom.